The van der Waals surface area contributed by atoms with E-state index in [1.165, 1.54) is 0 Å². The molecule has 1 aliphatic heterocycles. The predicted molar refractivity (Wildman–Crippen MR) is 59.5 cm³/mol. The molecule has 1 amide bonds. The lowest BCUT2D eigenvalue weighted by atomic mass is 9.94. The fourth-order valence-electron chi connectivity index (χ4n) is 1.88. The van der Waals surface area contributed by atoms with Crippen molar-refractivity contribution >= 4 is 5.91 Å². The summed E-state index contributed by atoms with van der Waals surface area (Å²) in [4.78, 5) is 11.5. The molecule has 1 heterocycles. The van der Waals surface area contributed by atoms with Crippen molar-refractivity contribution in [1.82, 2.24) is 10.6 Å². The van der Waals surface area contributed by atoms with Crippen LogP contribution in [0.3, 0.4) is 0 Å². The second kappa shape index (κ2) is 7.65. The Hall–Kier alpha value is -0.610. The fourth-order valence-corrected chi connectivity index (χ4v) is 1.88. The molecule has 1 saturated heterocycles. The average Bonchev–Trinajstić information content (AvgIpc) is 2.26. The lowest BCUT2D eigenvalue weighted by Crippen LogP contribution is -2.32. The first-order valence-corrected chi connectivity index (χ1v) is 5.91. The summed E-state index contributed by atoms with van der Waals surface area (Å²) >= 11 is 0. The molecule has 1 aliphatic rings. The van der Waals surface area contributed by atoms with Gasteiger partial charge < -0.3 is 15.7 Å². The predicted octanol–water partition coefficient (Wildman–Crippen LogP) is 0.265. The van der Waals surface area contributed by atoms with Crippen molar-refractivity contribution < 1.29 is 9.90 Å². The van der Waals surface area contributed by atoms with E-state index in [1.54, 1.807) is 0 Å². The summed E-state index contributed by atoms with van der Waals surface area (Å²) < 4.78 is 0. The number of rotatable bonds is 6. The highest BCUT2D eigenvalue weighted by atomic mass is 16.2. The molecule has 4 nitrogen and oxygen atoms in total. The zero-order valence-corrected chi connectivity index (χ0v) is 9.30. The Labute approximate surface area is 91.4 Å². The van der Waals surface area contributed by atoms with E-state index < -0.39 is 0 Å². The van der Waals surface area contributed by atoms with E-state index >= 15 is 0 Å². The van der Waals surface area contributed by atoms with E-state index in [0.29, 0.717) is 18.9 Å². The summed E-state index contributed by atoms with van der Waals surface area (Å²) in [5, 5.41) is 14.8. The summed E-state index contributed by atoms with van der Waals surface area (Å²) in [6, 6.07) is 0. The number of hydrogen-bond donors (Lipinski definition) is 3. The van der Waals surface area contributed by atoms with Crippen LogP contribution in [0.5, 0.6) is 0 Å². The Kier molecular flexibility index (Phi) is 6.36. The third-order valence-corrected chi connectivity index (χ3v) is 2.84. The first-order chi connectivity index (χ1) is 7.33. The topological polar surface area (TPSA) is 61.4 Å². The normalized spacial score (nSPS) is 17.7. The van der Waals surface area contributed by atoms with Crippen molar-refractivity contribution in [2.75, 3.05) is 26.2 Å². The summed E-state index contributed by atoms with van der Waals surface area (Å²) in [6.45, 7) is 3.00. The third-order valence-electron chi connectivity index (χ3n) is 2.84. The molecule has 0 aliphatic carbocycles. The SMILES string of the molecule is O=C(CC1CCNCC1)NCCCCO. The van der Waals surface area contributed by atoms with Crippen LogP contribution < -0.4 is 10.6 Å². The maximum Gasteiger partial charge on any atom is 0.220 e. The molecule has 4 heteroatoms. The summed E-state index contributed by atoms with van der Waals surface area (Å²) in [5.74, 6) is 0.726. The number of nitrogens with one attached hydrogen (secondary N) is 2. The first-order valence-electron chi connectivity index (χ1n) is 5.91. The smallest absolute Gasteiger partial charge is 0.220 e. The molecule has 0 saturated carbocycles. The van der Waals surface area contributed by atoms with Crippen molar-refractivity contribution in [2.45, 2.75) is 32.1 Å². The second-order valence-electron chi connectivity index (χ2n) is 4.18. The van der Waals surface area contributed by atoms with Crippen LogP contribution in [0.4, 0.5) is 0 Å². The van der Waals surface area contributed by atoms with Crippen molar-refractivity contribution in [3.8, 4) is 0 Å². The summed E-state index contributed by atoms with van der Waals surface area (Å²) in [5.41, 5.74) is 0. The Morgan fingerprint density at radius 3 is 2.73 bits per heavy atom. The zero-order valence-electron chi connectivity index (χ0n) is 9.30. The molecule has 0 aromatic rings. The monoisotopic (exact) mass is 214 g/mol. The molecular weight excluding hydrogens is 192 g/mol. The highest BCUT2D eigenvalue weighted by Crippen LogP contribution is 2.15. The lowest BCUT2D eigenvalue weighted by molar-refractivity contribution is -0.122. The van der Waals surface area contributed by atoms with Crippen molar-refractivity contribution in [1.29, 1.82) is 0 Å². The molecule has 0 spiro atoms. The minimum Gasteiger partial charge on any atom is -0.396 e. The van der Waals surface area contributed by atoms with Gasteiger partial charge in [0.1, 0.15) is 0 Å². The van der Waals surface area contributed by atoms with E-state index in [-0.39, 0.29) is 12.5 Å². The molecule has 1 rings (SSSR count). The van der Waals surface area contributed by atoms with Crippen molar-refractivity contribution in [3.63, 3.8) is 0 Å². The van der Waals surface area contributed by atoms with E-state index in [4.69, 9.17) is 5.11 Å². The van der Waals surface area contributed by atoms with Crippen LogP contribution in [0, 0.1) is 5.92 Å². The highest BCUT2D eigenvalue weighted by molar-refractivity contribution is 5.76. The fraction of sp³-hybridized carbons (Fsp3) is 0.909. The maximum atomic E-state index is 11.5. The van der Waals surface area contributed by atoms with Crippen LogP contribution in [0.25, 0.3) is 0 Å². The van der Waals surface area contributed by atoms with Gasteiger partial charge in [0, 0.05) is 19.6 Å². The van der Waals surface area contributed by atoms with Crippen LogP contribution in [0.1, 0.15) is 32.1 Å². The minimum absolute atomic E-state index is 0.167. The number of aliphatic hydroxyl groups excluding tert-OH is 1. The van der Waals surface area contributed by atoms with E-state index in [2.05, 4.69) is 10.6 Å². The first kappa shape index (κ1) is 12.5. The van der Waals surface area contributed by atoms with Crippen LogP contribution >= 0.6 is 0 Å². The van der Waals surface area contributed by atoms with E-state index in [0.717, 1.165) is 38.8 Å². The highest BCUT2D eigenvalue weighted by Gasteiger charge is 2.16. The lowest BCUT2D eigenvalue weighted by Gasteiger charge is -2.21. The van der Waals surface area contributed by atoms with Crippen molar-refractivity contribution in [2.24, 2.45) is 5.92 Å². The molecule has 0 bridgehead atoms. The van der Waals surface area contributed by atoms with Crippen LogP contribution in [0.2, 0.25) is 0 Å². The van der Waals surface area contributed by atoms with Crippen LogP contribution in [0.15, 0.2) is 0 Å². The van der Waals surface area contributed by atoms with Crippen LogP contribution in [-0.2, 0) is 4.79 Å². The van der Waals surface area contributed by atoms with Gasteiger partial charge in [-0.1, -0.05) is 0 Å². The summed E-state index contributed by atoms with van der Waals surface area (Å²) in [7, 11) is 0. The second-order valence-corrected chi connectivity index (χ2v) is 4.18. The largest absolute Gasteiger partial charge is 0.396 e. The molecule has 0 atom stereocenters. The van der Waals surface area contributed by atoms with Gasteiger partial charge in [-0.2, -0.15) is 0 Å². The molecule has 0 aromatic heterocycles. The number of piperidine rings is 1. The Bertz CT molecular complexity index is 179. The van der Waals surface area contributed by atoms with Gasteiger partial charge in [-0.25, -0.2) is 0 Å². The summed E-state index contributed by atoms with van der Waals surface area (Å²) in [6.07, 6.45) is 4.54. The molecule has 0 unspecified atom stereocenters. The number of carbonyl (C=O) groups excluding carboxylic acids is 1. The van der Waals surface area contributed by atoms with Gasteiger partial charge in [0.05, 0.1) is 0 Å². The number of aliphatic hydroxyl groups is 1. The quantitative estimate of drug-likeness (QED) is 0.556. The van der Waals surface area contributed by atoms with Gasteiger partial charge in [0.15, 0.2) is 0 Å². The number of amides is 1. The molecule has 0 radical (unpaired) electrons. The molecule has 3 N–H and O–H groups in total. The molecule has 0 aromatic carbocycles. The third kappa shape index (κ3) is 5.74. The van der Waals surface area contributed by atoms with Gasteiger partial charge >= 0.3 is 0 Å². The standard InChI is InChI=1S/C11H22N2O2/c14-8-2-1-5-13-11(15)9-10-3-6-12-7-4-10/h10,12,14H,1-9H2,(H,13,15). The molecule has 1 fully saturated rings. The maximum absolute atomic E-state index is 11.5. The Morgan fingerprint density at radius 1 is 1.33 bits per heavy atom. The number of carbonyl (C=O) groups is 1. The molecule has 15 heavy (non-hydrogen) atoms. The molecule has 88 valence electrons. The van der Waals surface area contributed by atoms with Gasteiger partial charge in [-0.3, -0.25) is 4.79 Å². The van der Waals surface area contributed by atoms with Crippen molar-refractivity contribution in [3.05, 3.63) is 0 Å². The Balaban J connectivity index is 2.01. The number of unbranched alkanes of at least 4 members (excludes halogenated alkanes) is 1. The van der Waals surface area contributed by atoms with Crippen LogP contribution in [-0.4, -0.2) is 37.3 Å². The van der Waals surface area contributed by atoms with Gasteiger partial charge in [-0.15, -0.1) is 0 Å². The zero-order chi connectivity index (χ0) is 10.9. The minimum atomic E-state index is 0.167. The van der Waals surface area contributed by atoms with Gasteiger partial charge in [0.25, 0.3) is 0 Å². The number of hydrogen-bond acceptors (Lipinski definition) is 3. The van der Waals surface area contributed by atoms with Gasteiger partial charge in [0.2, 0.25) is 5.91 Å². The average molecular weight is 214 g/mol. The molecular formula is C11H22N2O2. The van der Waals surface area contributed by atoms with E-state index in [1.807, 2.05) is 0 Å². The van der Waals surface area contributed by atoms with E-state index in [9.17, 15) is 4.79 Å². The Morgan fingerprint density at radius 2 is 2.07 bits per heavy atom. The van der Waals surface area contributed by atoms with Gasteiger partial charge in [-0.05, 0) is 44.7 Å².